The first-order valence-corrected chi connectivity index (χ1v) is 11.8. The summed E-state index contributed by atoms with van der Waals surface area (Å²) in [5.74, 6) is -0.361. The molecular weight excluding hydrogens is 404 g/mol. The second kappa shape index (κ2) is 7.57. The molecule has 0 bridgehead atoms. The van der Waals surface area contributed by atoms with Crippen LogP contribution in [0.4, 0.5) is 0 Å². The predicted molar refractivity (Wildman–Crippen MR) is 117 cm³/mol. The monoisotopic (exact) mass is 424 g/mol. The maximum Gasteiger partial charge on any atom is 0.279 e. The Bertz CT molecular complexity index is 1400. The number of hydrogen-bond acceptors (Lipinski definition) is 4. The van der Waals surface area contributed by atoms with E-state index in [2.05, 4.69) is 29.3 Å². The third kappa shape index (κ3) is 3.52. The molecule has 29 heavy (non-hydrogen) atoms. The summed E-state index contributed by atoms with van der Waals surface area (Å²) in [7, 11) is -3.29. The largest absolute Gasteiger partial charge is 0.317 e. The molecule has 1 amide bonds. The lowest BCUT2D eigenvalue weighted by atomic mass is 10.1. The van der Waals surface area contributed by atoms with Gasteiger partial charge in [0.2, 0.25) is 0 Å². The van der Waals surface area contributed by atoms with Crippen LogP contribution in [0.15, 0.2) is 70.6 Å². The number of amides is 1. The van der Waals surface area contributed by atoms with Gasteiger partial charge in [-0.15, -0.1) is 0 Å². The molecule has 0 fully saturated rings. The highest BCUT2D eigenvalue weighted by Gasteiger charge is 2.14. The molecule has 7 heteroatoms. The Hall–Kier alpha value is -2.77. The van der Waals surface area contributed by atoms with Crippen molar-refractivity contribution in [3.05, 3.63) is 71.0 Å². The molecule has 0 aliphatic rings. The maximum atomic E-state index is 12.7. The van der Waals surface area contributed by atoms with E-state index in [1.165, 1.54) is 35.6 Å². The molecule has 1 heterocycles. The smallest absolute Gasteiger partial charge is 0.279 e. The molecule has 0 aliphatic heterocycles. The second-order valence-electron chi connectivity index (χ2n) is 6.61. The van der Waals surface area contributed by atoms with Gasteiger partial charge in [0.15, 0.2) is 14.6 Å². The van der Waals surface area contributed by atoms with E-state index in [0.29, 0.717) is 16.9 Å². The highest BCUT2D eigenvalue weighted by molar-refractivity contribution is 7.91. The summed E-state index contributed by atoms with van der Waals surface area (Å²) in [4.78, 5) is 17.9. The summed E-state index contributed by atoms with van der Waals surface area (Å²) < 4.78 is 27.0. The van der Waals surface area contributed by atoms with Gasteiger partial charge in [-0.05, 0) is 42.6 Å². The third-order valence-corrected chi connectivity index (χ3v) is 7.81. The molecular formula is C22H20N2O3S2. The van der Waals surface area contributed by atoms with Crippen LogP contribution in [-0.2, 0) is 16.4 Å². The Kier molecular flexibility index (Phi) is 5.10. The fourth-order valence-electron chi connectivity index (χ4n) is 3.31. The van der Waals surface area contributed by atoms with Gasteiger partial charge in [0, 0.05) is 17.5 Å². The Labute approximate surface area is 172 Å². The van der Waals surface area contributed by atoms with Crippen molar-refractivity contribution in [3.8, 4) is 0 Å². The quantitative estimate of drug-likeness (QED) is 0.487. The van der Waals surface area contributed by atoms with Crippen LogP contribution in [0.5, 0.6) is 0 Å². The van der Waals surface area contributed by atoms with Crippen LogP contribution < -0.4 is 4.80 Å². The number of sulfone groups is 1. The van der Waals surface area contributed by atoms with E-state index in [4.69, 9.17) is 0 Å². The third-order valence-electron chi connectivity index (χ3n) is 4.93. The molecule has 0 unspecified atom stereocenters. The Morgan fingerprint density at radius 1 is 1.00 bits per heavy atom. The van der Waals surface area contributed by atoms with Gasteiger partial charge in [0.05, 0.1) is 20.9 Å². The second-order valence-corrected chi connectivity index (χ2v) is 9.86. The van der Waals surface area contributed by atoms with Crippen LogP contribution in [0.1, 0.15) is 24.2 Å². The van der Waals surface area contributed by atoms with Gasteiger partial charge in [-0.2, -0.15) is 4.99 Å². The molecule has 0 N–H and O–H groups in total. The highest BCUT2D eigenvalue weighted by atomic mass is 32.2. The fourth-order valence-corrected chi connectivity index (χ4v) is 5.42. The summed E-state index contributed by atoms with van der Waals surface area (Å²) in [6, 6.07) is 18.3. The van der Waals surface area contributed by atoms with E-state index in [1.54, 1.807) is 6.92 Å². The van der Waals surface area contributed by atoms with Crippen molar-refractivity contribution in [1.29, 1.82) is 0 Å². The van der Waals surface area contributed by atoms with Crippen molar-refractivity contribution in [3.63, 3.8) is 0 Å². The van der Waals surface area contributed by atoms with Crippen LogP contribution in [0.25, 0.3) is 21.0 Å². The number of thiazole rings is 1. The van der Waals surface area contributed by atoms with E-state index in [-0.39, 0.29) is 16.6 Å². The molecule has 4 aromatic rings. The van der Waals surface area contributed by atoms with Crippen LogP contribution in [-0.4, -0.2) is 24.6 Å². The van der Waals surface area contributed by atoms with Crippen molar-refractivity contribution < 1.29 is 13.2 Å². The van der Waals surface area contributed by atoms with E-state index < -0.39 is 9.84 Å². The van der Waals surface area contributed by atoms with Crippen molar-refractivity contribution >= 4 is 48.1 Å². The summed E-state index contributed by atoms with van der Waals surface area (Å²) in [6.07, 6.45) is 0. The Morgan fingerprint density at radius 2 is 1.72 bits per heavy atom. The summed E-state index contributed by atoms with van der Waals surface area (Å²) in [5, 5.41) is 2.29. The van der Waals surface area contributed by atoms with Crippen molar-refractivity contribution in [2.45, 2.75) is 25.3 Å². The normalized spacial score (nSPS) is 12.7. The lowest BCUT2D eigenvalue weighted by Gasteiger charge is -2.03. The van der Waals surface area contributed by atoms with Gasteiger partial charge < -0.3 is 4.57 Å². The molecule has 0 saturated heterocycles. The minimum atomic E-state index is -3.29. The van der Waals surface area contributed by atoms with Gasteiger partial charge in [0.25, 0.3) is 5.91 Å². The molecule has 4 rings (SSSR count). The summed E-state index contributed by atoms with van der Waals surface area (Å²) in [6.45, 7) is 4.31. The van der Waals surface area contributed by atoms with Gasteiger partial charge in [-0.3, -0.25) is 4.79 Å². The van der Waals surface area contributed by atoms with E-state index in [0.717, 1.165) is 21.0 Å². The first-order valence-electron chi connectivity index (χ1n) is 9.37. The van der Waals surface area contributed by atoms with Crippen LogP contribution in [0, 0.1) is 0 Å². The van der Waals surface area contributed by atoms with Gasteiger partial charge in [0.1, 0.15) is 0 Å². The number of fused-ring (bicyclic) bond motifs is 3. The topological polar surface area (TPSA) is 68.5 Å². The zero-order chi connectivity index (χ0) is 20.6. The summed E-state index contributed by atoms with van der Waals surface area (Å²) >= 11 is 1.49. The van der Waals surface area contributed by atoms with Gasteiger partial charge >= 0.3 is 0 Å². The van der Waals surface area contributed by atoms with E-state index in [1.807, 2.05) is 23.6 Å². The number of benzene rings is 3. The first kappa shape index (κ1) is 19.5. The van der Waals surface area contributed by atoms with Gasteiger partial charge in [-0.25, -0.2) is 8.42 Å². The number of hydrogen-bond donors (Lipinski definition) is 0. The van der Waals surface area contributed by atoms with Crippen molar-refractivity contribution in [2.75, 3.05) is 5.75 Å². The fraction of sp³-hybridized carbons (Fsp3) is 0.182. The van der Waals surface area contributed by atoms with E-state index >= 15 is 0 Å². The predicted octanol–water partition coefficient (Wildman–Crippen LogP) is 4.41. The van der Waals surface area contributed by atoms with Crippen molar-refractivity contribution in [2.24, 2.45) is 4.99 Å². The molecule has 0 spiro atoms. The van der Waals surface area contributed by atoms with Crippen LogP contribution in [0.3, 0.4) is 0 Å². The maximum absolute atomic E-state index is 12.7. The molecule has 0 aliphatic carbocycles. The minimum Gasteiger partial charge on any atom is -0.317 e. The minimum absolute atomic E-state index is 0.0247. The van der Waals surface area contributed by atoms with E-state index in [9.17, 15) is 13.2 Å². The number of aryl methyl sites for hydroxylation is 1. The number of carbonyl (C=O) groups excluding carboxylic acids is 1. The first-order chi connectivity index (χ1) is 13.9. The zero-order valence-corrected chi connectivity index (χ0v) is 17.8. The SMILES string of the molecule is CCn1c(=NC(=O)c2ccc(S(=O)(=O)CC)cc2)sc2c3ccccc3ccc21. The van der Waals surface area contributed by atoms with Crippen LogP contribution >= 0.6 is 11.3 Å². The molecule has 0 saturated carbocycles. The Balaban J connectivity index is 1.81. The molecule has 3 aromatic carbocycles. The number of aromatic nitrogens is 1. The lowest BCUT2D eigenvalue weighted by molar-refractivity contribution is 0.0997. The van der Waals surface area contributed by atoms with Gasteiger partial charge in [-0.1, -0.05) is 48.6 Å². The number of carbonyl (C=O) groups is 1. The molecule has 0 radical (unpaired) electrons. The average molecular weight is 425 g/mol. The van der Waals surface area contributed by atoms with Crippen molar-refractivity contribution in [1.82, 2.24) is 4.57 Å². The van der Waals surface area contributed by atoms with Crippen LogP contribution in [0.2, 0.25) is 0 Å². The molecule has 0 atom stereocenters. The standard InChI is InChI=1S/C22H20N2O3S2/c1-3-24-19-14-11-15-7-5-6-8-18(15)20(19)28-22(24)23-21(25)16-9-12-17(13-10-16)29(26,27)4-2/h5-14H,3-4H2,1-2H3. The molecule has 1 aromatic heterocycles. The molecule has 148 valence electrons. The zero-order valence-electron chi connectivity index (χ0n) is 16.1. The molecule has 5 nitrogen and oxygen atoms in total. The highest BCUT2D eigenvalue weighted by Crippen LogP contribution is 2.27. The number of nitrogens with zero attached hydrogens (tertiary/aromatic N) is 2. The average Bonchev–Trinajstić information content (AvgIpc) is 3.11. The lowest BCUT2D eigenvalue weighted by Crippen LogP contribution is -2.16. The number of rotatable bonds is 4. The summed E-state index contributed by atoms with van der Waals surface area (Å²) in [5.41, 5.74) is 1.41. The Morgan fingerprint density at radius 3 is 2.41 bits per heavy atom.